The van der Waals surface area contributed by atoms with Gasteiger partial charge >= 0.3 is 12.1 Å². The zero-order chi connectivity index (χ0) is 54.4. The third-order valence-electron chi connectivity index (χ3n) is 12.2. The van der Waals surface area contributed by atoms with Gasteiger partial charge in [0, 0.05) is 31.5 Å². The van der Waals surface area contributed by atoms with Crippen LogP contribution in [-0.2, 0) is 67.7 Å². The number of hydrogen-bond donors (Lipinski definition) is 8. The standard InChI is InChI=1S/C52H71N9O12S/c1-31-32(2)44(33(3)36-28-52(7,8)73-43(31)36)74(69,70)61-49(53)54-25-17-23-37-45(64)56-29-41(62)57-40(27-42(63)72-51(4,5)6)48(67)60-39(26-34-18-11-9-12-19-34)47(66)59-38(46(65)58-37)22-15-16-24-55-50(68)71-30-35-20-13-10-14-21-35/h9-14,18-21,37-40H,15-17,22-30H2,1-8H3,(H,55,68)(H,56,64)(H,57,62)(H,58,65)(H,59,66)(H,60,67)(H3,53,54,61)/t37-,38-,39+,40-/m0/s1. The molecular formula is C52H71N9O12S. The Morgan fingerprint density at radius 2 is 1.35 bits per heavy atom. The maximum atomic E-state index is 14.3. The molecule has 0 spiro atoms. The second-order valence-electron chi connectivity index (χ2n) is 20.1. The fourth-order valence-corrected chi connectivity index (χ4v) is 10.0. The first-order valence-electron chi connectivity index (χ1n) is 24.7. The predicted molar refractivity (Wildman–Crippen MR) is 275 cm³/mol. The molecule has 0 unspecified atom stereocenters. The second kappa shape index (κ2) is 25.6. The maximum absolute atomic E-state index is 14.3. The van der Waals surface area contributed by atoms with Crippen LogP contribution in [0.25, 0.3) is 0 Å². The van der Waals surface area contributed by atoms with Crippen molar-refractivity contribution >= 4 is 57.6 Å². The third kappa shape index (κ3) is 17.2. The lowest BCUT2D eigenvalue weighted by atomic mass is 9.94. The van der Waals surface area contributed by atoms with Crippen LogP contribution in [0.1, 0.15) is 107 Å². The van der Waals surface area contributed by atoms with Crippen molar-refractivity contribution in [3.8, 4) is 5.75 Å². The van der Waals surface area contributed by atoms with Crippen LogP contribution in [0.3, 0.4) is 0 Å². The molecule has 3 aromatic carbocycles. The van der Waals surface area contributed by atoms with Gasteiger partial charge in [-0.05, 0) is 115 Å². The number of carbonyl (C=O) groups excluding carboxylic acids is 7. The molecule has 0 bridgehead atoms. The molecular weight excluding hydrogens is 975 g/mol. The maximum Gasteiger partial charge on any atom is 0.407 e. The summed E-state index contributed by atoms with van der Waals surface area (Å²) in [6, 6.07) is 12.3. The molecule has 4 atom stereocenters. The van der Waals surface area contributed by atoms with Crippen LogP contribution in [-0.4, -0.2) is 111 Å². The molecule has 402 valence electrons. The Balaban J connectivity index is 1.36. The number of esters is 1. The van der Waals surface area contributed by atoms with E-state index in [1.54, 1.807) is 71.9 Å². The van der Waals surface area contributed by atoms with E-state index >= 15 is 0 Å². The lowest BCUT2D eigenvalue weighted by Crippen LogP contribution is -2.58. The van der Waals surface area contributed by atoms with Crippen molar-refractivity contribution in [2.24, 2.45) is 10.7 Å². The number of nitrogens with zero attached hydrogens (tertiary/aromatic N) is 1. The van der Waals surface area contributed by atoms with Crippen molar-refractivity contribution in [2.45, 2.75) is 154 Å². The second-order valence-corrected chi connectivity index (χ2v) is 21.7. The number of nitrogens with one attached hydrogen (secondary N) is 7. The average Bonchev–Trinajstić information content (AvgIpc) is 3.66. The quantitative estimate of drug-likeness (QED) is 0.0418. The van der Waals surface area contributed by atoms with E-state index in [9.17, 15) is 42.0 Å². The average molecular weight is 1050 g/mol. The van der Waals surface area contributed by atoms with Gasteiger partial charge in [0.15, 0.2) is 0 Å². The monoisotopic (exact) mass is 1050 g/mol. The number of carbonyl (C=O) groups is 7. The van der Waals surface area contributed by atoms with Crippen molar-refractivity contribution in [1.29, 1.82) is 0 Å². The number of guanidine groups is 1. The number of unbranched alkanes of at least 4 members (excludes halogenated alkanes) is 1. The van der Waals surface area contributed by atoms with E-state index in [1.807, 2.05) is 44.2 Å². The smallest absolute Gasteiger partial charge is 0.407 e. The topological polar surface area (TPSA) is 304 Å². The van der Waals surface area contributed by atoms with Gasteiger partial charge in [0.2, 0.25) is 35.5 Å². The van der Waals surface area contributed by atoms with Gasteiger partial charge < -0.3 is 51.8 Å². The summed E-state index contributed by atoms with van der Waals surface area (Å²) in [7, 11) is -4.23. The molecule has 0 saturated carbocycles. The first-order valence-corrected chi connectivity index (χ1v) is 26.1. The molecule has 22 heteroatoms. The first kappa shape index (κ1) is 57.7. The van der Waals surface area contributed by atoms with Crippen LogP contribution in [0, 0.1) is 20.8 Å². The zero-order valence-electron chi connectivity index (χ0n) is 43.4. The summed E-state index contributed by atoms with van der Waals surface area (Å²) in [5, 5.41) is 15.7. The number of rotatable bonds is 17. The van der Waals surface area contributed by atoms with E-state index in [0.29, 0.717) is 40.8 Å². The number of sulfonamides is 1. The van der Waals surface area contributed by atoms with Gasteiger partial charge in [-0.1, -0.05) is 60.7 Å². The fraction of sp³-hybridized carbons (Fsp3) is 0.500. The molecule has 6 amide bonds. The third-order valence-corrected chi connectivity index (χ3v) is 13.8. The van der Waals surface area contributed by atoms with Crippen molar-refractivity contribution in [2.75, 3.05) is 19.6 Å². The number of fused-ring (bicyclic) bond motifs is 1. The number of aliphatic imine (C=N–C) groups is 1. The molecule has 2 aliphatic rings. The molecule has 2 aliphatic heterocycles. The van der Waals surface area contributed by atoms with E-state index in [4.69, 9.17) is 19.9 Å². The molecule has 1 fully saturated rings. The Morgan fingerprint density at radius 1 is 0.770 bits per heavy atom. The highest BCUT2D eigenvalue weighted by Crippen LogP contribution is 2.43. The number of alkyl carbamates (subject to hydrolysis) is 1. The van der Waals surface area contributed by atoms with Gasteiger partial charge in [0.25, 0.3) is 10.0 Å². The number of hydrogen-bond acceptors (Lipinski definition) is 13. The Hall–Kier alpha value is -7.23. The Kier molecular flexibility index (Phi) is 20.0. The van der Waals surface area contributed by atoms with Crippen molar-refractivity contribution < 1.29 is 56.2 Å². The summed E-state index contributed by atoms with van der Waals surface area (Å²) in [4.78, 5) is 99.7. The highest BCUT2D eigenvalue weighted by molar-refractivity contribution is 7.90. The molecule has 5 rings (SSSR count). The molecule has 74 heavy (non-hydrogen) atoms. The minimum absolute atomic E-state index is 0.00835. The van der Waals surface area contributed by atoms with Crippen molar-refractivity contribution in [3.05, 3.63) is 94.0 Å². The SMILES string of the molecule is Cc1c(C)c(S(=O)(=O)NC(N)=NCCC[C@@H]2NC(=O)[C@H](CCCCNC(=O)OCc3ccccc3)NC(=O)[C@@H](Cc3ccccc3)NC(=O)[C@H](CC(=O)OC(C)(C)C)NC(=O)CNC2=O)c(C)c2c1OC(C)(C)C2. The summed E-state index contributed by atoms with van der Waals surface area (Å²) in [5.41, 5.74) is 8.64. The van der Waals surface area contributed by atoms with Crippen LogP contribution in [0.5, 0.6) is 5.75 Å². The Bertz CT molecular complexity index is 2670. The van der Waals surface area contributed by atoms with Crippen molar-refractivity contribution in [3.63, 3.8) is 0 Å². The highest BCUT2D eigenvalue weighted by Gasteiger charge is 2.38. The van der Waals surface area contributed by atoms with E-state index in [2.05, 4.69) is 41.6 Å². The summed E-state index contributed by atoms with van der Waals surface area (Å²) in [5.74, 6) is -4.72. The lowest BCUT2D eigenvalue weighted by molar-refractivity contribution is -0.156. The van der Waals surface area contributed by atoms with Crippen LogP contribution < -0.4 is 47.1 Å². The summed E-state index contributed by atoms with van der Waals surface area (Å²) < 4.78 is 46.9. The minimum Gasteiger partial charge on any atom is -0.487 e. The van der Waals surface area contributed by atoms with E-state index in [0.717, 1.165) is 11.1 Å². The first-order chi connectivity index (χ1) is 34.8. The van der Waals surface area contributed by atoms with Gasteiger partial charge in [-0.2, -0.15) is 0 Å². The van der Waals surface area contributed by atoms with Crippen LogP contribution in [0.2, 0.25) is 0 Å². The van der Waals surface area contributed by atoms with E-state index in [1.165, 1.54) is 0 Å². The number of ether oxygens (including phenoxy) is 3. The molecule has 3 aromatic rings. The molecule has 0 aliphatic carbocycles. The molecule has 1 saturated heterocycles. The van der Waals surface area contributed by atoms with Gasteiger partial charge in [-0.25, -0.2) is 17.9 Å². The van der Waals surface area contributed by atoms with Gasteiger partial charge in [0.05, 0.1) is 17.9 Å². The number of amides is 6. The van der Waals surface area contributed by atoms with E-state index in [-0.39, 0.29) is 56.7 Å². The summed E-state index contributed by atoms with van der Waals surface area (Å²) >= 11 is 0. The summed E-state index contributed by atoms with van der Waals surface area (Å²) in [6.45, 7) is 13.4. The van der Waals surface area contributed by atoms with Gasteiger partial charge in [-0.15, -0.1) is 0 Å². The van der Waals surface area contributed by atoms with E-state index < -0.39 is 106 Å². The number of benzene rings is 3. The highest BCUT2D eigenvalue weighted by atomic mass is 32.2. The van der Waals surface area contributed by atoms with Gasteiger partial charge in [-0.3, -0.25) is 33.8 Å². The van der Waals surface area contributed by atoms with Crippen LogP contribution in [0.15, 0.2) is 70.6 Å². The van der Waals surface area contributed by atoms with Gasteiger partial charge in [0.1, 0.15) is 47.7 Å². The fourth-order valence-electron chi connectivity index (χ4n) is 8.51. The predicted octanol–water partition coefficient (Wildman–Crippen LogP) is 2.84. The largest absolute Gasteiger partial charge is 0.487 e. The lowest BCUT2D eigenvalue weighted by Gasteiger charge is -2.26. The summed E-state index contributed by atoms with van der Waals surface area (Å²) in [6.07, 6.45) is -0.234. The van der Waals surface area contributed by atoms with Crippen molar-refractivity contribution in [1.82, 2.24) is 36.6 Å². The molecule has 0 aromatic heterocycles. The molecule has 0 radical (unpaired) electrons. The molecule has 9 N–H and O–H groups in total. The zero-order valence-corrected chi connectivity index (χ0v) is 44.2. The molecule has 2 heterocycles. The Morgan fingerprint density at radius 3 is 2.00 bits per heavy atom. The minimum atomic E-state index is -4.23. The number of nitrogens with two attached hydrogens (primary N) is 1. The Labute approximate surface area is 432 Å². The van der Waals surface area contributed by atoms with Crippen LogP contribution >= 0.6 is 0 Å². The molecule has 21 nitrogen and oxygen atoms in total. The van der Waals surface area contributed by atoms with Crippen LogP contribution in [0.4, 0.5) is 4.79 Å². The normalized spacial score (nSPS) is 19.7.